The van der Waals surface area contributed by atoms with Gasteiger partial charge in [0.05, 0.1) is 0 Å². The molecule has 0 radical (unpaired) electrons. The van der Waals surface area contributed by atoms with E-state index in [4.69, 9.17) is 0 Å². The summed E-state index contributed by atoms with van der Waals surface area (Å²) in [6.07, 6.45) is 10.2. The smallest absolute Gasteiger partial charge is 0.0483 e. The van der Waals surface area contributed by atoms with Crippen molar-refractivity contribution in [2.75, 3.05) is 27.3 Å². The second-order valence-electron chi connectivity index (χ2n) is 4.21. The van der Waals surface area contributed by atoms with Crippen LogP contribution in [0.15, 0.2) is 48.2 Å². The topological polar surface area (TPSA) is 27.3 Å². The molecule has 1 fully saturated rings. The fourth-order valence-electron chi connectivity index (χ4n) is 1.89. The molecule has 3 heteroatoms. The Morgan fingerprint density at radius 1 is 1.53 bits per heavy atom. The Morgan fingerprint density at radius 3 is 2.76 bits per heavy atom. The van der Waals surface area contributed by atoms with Gasteiger partial charge in [0.15, 0.2) is 0 Å². The van der Waals surface area contributed by atoms with Gasteiger partial charge in [-0.25, -0.2) is 0 Å². The first-order valence-electron chi connectivity index (χ1n) is 5.98. The van der Waals surface area contributed by atoms with Crippen molar-refractivity contribution in [1.29, 1.82) is 0 Å². The van der Waals surface area contributed by atoms with E-state index in [0.29, 0.717) is 6.04 Å². The molecule has 94 valence electrons. The third kappa shape index (κ3) is 4.21. The minimum atomic E-state index is 0.381. The molecule has 0 saturated carbocycles. The fraction of sp³-hybridized carbons (Fsp3) is 0.429. The van der Waals surface area contributed by atoms with Gasteiger partial charge in [0.1, 0.15) is 0 Å². The predicted molar refractivity (Wildman–Crippen MR) is 74.7 cm³/mol. The average Bonchev–Trinajstić information content (AvgIpc) is 2.74. The van der Waals surface area contributed by atoms with Crippen LogP contribution in [0.3, 0.4) is 0 Å². The van der Waals surface area contributed by atoms with Gasteiger partial charge in [-0.3, -0.25) is 10.2 Å². The van der Waals surface area contributed by atoms with Crippen molar-refractivity contribution in [1.82, 2.24) is 15.5 Å². The van der Waals surface area contributed by atoms with Crippen LogP contribution >= 0.6 is 0 Å². The van der Waals surface area contributed by atoms with E-state index in [1.165, 1.54) is 5.57 Å². The van der Waals surface area contributed by atoms with Crippen LogP contribution in [0, 0.1) is 0 Å². The summed E-state index contributed by atoms with van der Waals surface area (Å²) in [6, 6.07) is 0.381. The van der Waals surface area contributed by atoms with Gasteiger partial charge in [-0.15, -0.1) is 0 Å². The normalized spacial score (nSPS) is 23.4. The molecule has 0 amide bonds. The maximum atomic E-state index is 3.78. The van der Waals surface area contributed by atoms with Gasteiger partial charge in [-0.2, -0.15) is 0 Å². The largest absolute Gasteiger partial charge is 0.388 e. The van der Waals surface area contributed by atoms with Gasteiger partial charge in [-0.05, 0) is 31.7 Å². The van der Waals surface area contributed by atoms with Crippen LogP contribution in [0.4, 0.5) is 0 Å². The van der Waals surface area contributed by atoms with Crippen molar-refractivity contribution >= 4 is 0 Å². The van der Waals surface area contributed by atoms with Crippen LogP contribution in [0.25, 0.3) is 0 Å². The molecule has 17 heavy (non-hydrogen) atoms. The third-order valence-corrected chi connectivity index (χ3v) is 2.77. The maximum absolute atomic E-state index is 3.78. The second kappa shape index (κ2) is 7.09. The first kappa shape index (κ1) is 13.7. The first-order valence-corrected chi connectivity index (χ1v) is 5.98. The van der Waals surface area contributed by atoms with Crippen LogP contribution in [-0.4, -0.2) is 38.3 Å². The Kier molecular flexibility index (Phi) is 5.73. The van der Waals surface area contributed by atoms with E-state index in [1.54, 1.807) is 0 Å². The zero-order chi connectivity index (χ0) is 12.7. The second-order valence-corrected chi connectivity index (χ2v) is 4.21. The van der Waals surface area contributed by atoms with Gasteiger partial charge in [0, 0.05) is 32.0 Å². The number of hydrogen-bond donors (Lipinski definition) is 2. The average molecular weight is 233 g/mol. The summed E-state index contributed by atoms with van der Waals surface area (Å²) in [5.74, 6) is 0. The van der Waals surface area contributed by atoms with Crippen LogP contribution in [0.5, 0.6) is 0 Å². The monoisotopic (exact) mass is 233 g/mol. The fourth-order valence-corrected chi connectivity index (χ4v) is 1.89. The Hall–Kier alpha value is -1.32. The molecule has 1 aliphatic heterocycles. The number of nitrogens with one attached hydrogen (secondary N) is 2. The summed E-state index contributed by atoms with van der Waals surface area (Å²) in [7, 11) is 4.05. The van der Waals surface area contributed by atoms with E-state index < -0.39 is 0 Å². The molecule has 1 atom stereocenters. The van der Waals surface area contributed by atoms with Crippen LogP contribution in [0.1, 0.15) is 6.92 Å². The summed E-state index contributed by atoms with van der Waals surface area (Å²) in [4.78, 5) is 2.27. The van der Waals surface area contributed by atoms with Gasteiger partial charge in [0.25, 0.3) is 0 Å². The molecule has 2 N–H and O–H groups in total. The SMILES string of the molecule is C=C\C=C(/C=C(\C=C/C)NC)C1CN(C)CN1. The van der Waals surface area contributed by atoms with Crippen molar-refractivity contribution < 1.29 is 0 Å². The molecule has 0 aromatic heterocycles. The van der Waals surface area contributed by atoms with Crippen LogP contribution in [-0.2, 0) is 0 Å². The molecule has 1 aliphatic rings. The maximum Gasteiger partial charge on any atom is 0.0483 e. The molecular formula is C14H23N3. The standard InChI is InChI=1S/C14H23N3/c1-5-7-12(9-13(15-3)8-6-2)14-10-17(4)11-16-14/h5-9,14-16H,1,10-11H2,2-4H3/b8-6-,12-7+,13-9+. The van der Waals surface area contributed by atoms with Crippen molar-refractivity contribution in [3.05, 3.63) is 48.2 Å². The quantitative estimate of drug-likeness (QED) is 0.707. The molecular weight excluding hydrogens is 210 g/mol. The summed E-state index contributed by atoms with van der Waals surface area (Å²) < 4.78 is 0. The minimum Gasteiger partial charge on any atom is -0.388 e. The zero-order valence-corrected chi connectivity index (χ0v) is 11.0. The lowest BCUT2D eigenvalue weighted by atomic mass is 10.1. The molecule has 1 unspecified atom stereocenters. The summed E-state index contributed by atoms with van der Waals surface area (Å²) >= 11 is 0. The predicted octanol–water partition coefficient (Wildman–Crippen LogP) is 1.64. The van der Waals surface area contributed by atoms with E-state index in [0.717, 1.165) is 18.9 Å². The highest BCUT2D eigenvalue weighted by Crippen LogP contribution is 2.12. The van der Waals surface area contributed by atoms with Gasteiger partial charge in [0.2, 0.25) is 0 Å². The molecule has 3 nitrogen and oxygen atoms in total. The van der Waals surface area contributed by atoms with Crippen molar-refractivity contribution in [3.63, 3.8) is 0 Å². The van der Waals surface area contributed by atoms with Gasteiger partial charge < -0.3 is 5.32 Å². The Morgan fingerprint density at radius 2 is 2.29 bits per heavy atom. The van der Waals surface area contributed by atoms with E-state index in [1.807, 2.05) is 26.1 Å². The molecule has 1 heterocycles. The lowest BCUT2D eigenvalue weighted by Crippen LogP contribution is -2.25. The molecule has 1 saturated heterocycles. The van der Waals surface area contributed by atoms with Crippen molar-refractivity contribution in [3.8, 4) is 0 Å². The van der Waals surface area contributed by atoms with Crippen molar-refractivity contribution in [2.45, 2.75) is 13.0 Å². The highest BCUT2D eigenvalue weighted by atomic mass is 15.3. The summed E-state index contributed by atoms with van der Waals surface area (Å²) in [5, 5.41) is 6.66. The minimum absolute atomic E-state index is 0.381. The number of hydrogen-bond acceptors (Lipinski definition) is 3. The highest BCUT2D eigenvalue weighted by Gasteiger charge is 2.20. The highest BCUT2D eigenvalue weighted by molar-refractivity contribution is 5.35. The van der Waals surface area contributed by atoms with Gasteiger partial charge >= 0.3 is 0 Å². The molecule has 1 rings (SSSR count). The first-order chi connectivity index (χ1) is 8.21. The third-order valence-electron chi connectivity index (χ3n) is 2.77. The lowest BCUT2D eigenvalue weighted by Gasteiger charge is -2.13. The number of rotatable bonds is 5. The number of allylic oxidation sites excluding steroid dienone is 4. The Balaban J connectivity index is 2.86. The Bertz CT molecular complexity index is 339. The molecule has 0 aromatic rings. The van der Waals surface area contributed by atoms with E-state index in [9.17, 15) is 0 Å². The number of likely N-dealkylation sites (N-methyl/N-ethyl adjacent to an activating group) is 2. The van der Waals surface area contributed by atoms with Gasteiger partial charge in [-0.1, -0.05) is 24.8 Å². The molecule has 0 aromatic carbocycles. The zero-order valence-electron chi connectivity index (χ0n) is 11.0. The van der Waals surface area contributed by atoms with E-state index >= 15 is 0 Å². The van der Waals surface area contributed by atoms with Crippen molar-refractivity contribution in [2.24, 2.45) is 0 Å². The van der Waals surface area contributed by atoms with Crippen LogP contribution < -0.4 is 10.6 Å². The summed E-state index contributed by atoms with van der Waals surface area (Å²) in [5.41, 5.74) is 2.36. The van der Waals surface area contributed by atoms with Crippen LogP contribution in [0.2, 0.25) is 0 Å². The summed E-state index contributed by atoms with van der Waals surface area (Å²) in [6.45, 7) is 7.77. The van der Waals surface area contributed by atoms with E-state index in [-0.39, 0.29) is 0 Å². The lowest BCUT2D eigenvalue weighted by molar-refractivity contribution is 0.409. The molecule has 0 aliphatic carbocycles. The molecule has 0 spiro atoms. The Labute approximate surface area is 105 Å². The molecule has 0 bridgehead atoms. The number of nitrogens with zero attached hydrogens (tertiary/aromatic N) is 1. The van der Waals surface area contributed by atoms with E-state index in [2.05, 4.69) is 47.4 Å².